The van der Waals surface area contributed by atoms with E-state index >= 15 is 0 Å². The van der Waals surface area contributed by atoms with Crippen LogP contribution < -0.4 is 15.4 Å². The Balaban J connectivity index is 1.78. The molecule has 2 aromatic carbocycles. The van der Waals surface area contributed by atoms with Crippen LogP contribution in [0.25, 0.3) is 0 Å². The van der Waals surface area contributed by atoms with Gasteiger partial charge >= 0.3 is 0 Å². The fraction of sp³-hybridized carbons (Fsp3) is 0.222. The number of ether oxygens (including phenoxy) is 1. The van der Waals surface area contributed by atoms with Gasteiger partial charge in [0.2, 0.25) is 5.91 Å². The van der Waals surface area contributed by atoms with Crippen molar-refractivity contribution in [3.05, 3.63) is 63.6 Å². The van der Waals surface area contributed by atoms with Crippen molar-refractivity contribution in [2.24, 2.45) is 0 Å². The van der Waals surface area contributed by atoms with E-state index in [1.54, 1.807) is 6.92 Å². The molecular weight excluding hydrogens is 401 g/mol. The minimum Gasteiger partial charge on any atom is -0.488 e. The molecule has 0 aliphatic carbocycles. The number of carbonyl (C=O) groups excluding carboxylic acids is 2. The average Bonchev–Trinajstić information content (AvgIpc) is 2.59. The molecule has 0 aromatic heterocycles. The first kappa shape index (κ1) is 20.9. The van der Waals surface area contributed by atoms with E-state index in [4.69, 9.17) is 27.9 Å². The van der Waals surface area contributed by atoms with Crippen LogP contribution in [0.4, 0.5) is 8.78 Å². The quantitative estimate of drug-likeness (QED) is 0.724. The number of hydrogen-bond donors (Lipinski definition) is 2. The average molecular weight is 417 g/mol. The highest BCUT2D eigenvalue weighted by atomic mass is 35.5. The first-order chi connectivity index (χ1) is 12.8. The van der Waals surface area contributed by atoms with Gasteiger partial charge in [-0.3, -0.25) is 9.59 Å². The van der Waals surface area contributed by atoms with Gasteiger partial charge in [-0.25, -0.2) is 8.78 Å². The lowest BCUT2D eigenvalue weighted by Crippen LogP contribution is -2.43. The Bertz CT molecular complexity index is 849. The summed E-state index contributed by atoms with van der Waals surface area (Å²) >= 11 is 11.7. The fourth-order valence-corrected chi connectivity index (χ4v) is 2.60. The van der Waals surface area contributed by atoms with Crippen LogP contribution in [0, 0.1) is 11.6 Å². The first-order valence-corrected chi connectivity index (χ1v) is 8.62. The zero-order valence-electron chi connectivity index (χ0n) is 14.2. The summed E-state index contributed by atoms with van der Waals surface area (Å²) in [4.78, 5) is 23.9. The summed E-state index contributed by atoms with van der Waals surface area (Å²) in [6.07, 6.45) is 0. The van der Waals surface area contributed by atoms with Crippen molar-refractivity contribution in [3.63, 3.8) is 0 Å². The van der Waals surface area contributed by atoms with E-state index in [0.717, 1.165) is 12.1 Å². The minimum absolute atomic E-state index is 0.0365. The van der Waals surface area contributed by atoms with Gasteiger partial charge in [0.25, 0.3) is 5.91 Å². The SMILES string of the molecule is CC(COc1ccc(F)cc1F)NC(=O)CNC(=O)c1ccc(Cl)cc1Cl. The highest BCUT2D eigenvalue weighted by Gasteiger charge is 2.14. The molecule has 5 nitrogen and oxygen atoms in total. The van der Waals surface area contributed by atoms with Gasteiger partial charge in [-0.1, -0.05) is 23.2 Å². The maximum atomic E-state index is 13.5. The van der Waals surface area contributed by atoms with Crippen LogP contribution in [0.1, 0.15) is 17.3 Å². The number of nitrogens with one attached hydrogen (secondary N) is 2. The van der Waals surface area contributed by atoms with Crippen LogP contribution in [-0.4, -0.2) is 31.0 Å². The van der Waals surface area contributed by atoms with Gasteiger partial charge in [0.1, 0.15) is 12.4 Å². The highest BCUT2D eigenvalue weighted by molar-refractivity contribution is 6.36. The Labute approximate surface area is 164 Å². The first-order valence-electron chi connectivity index (χ1n) is 7.86. The Morgan fingerprint density at radius 2 is 1.89 bits per heavy atom. The number of amides is 2. The Hall–Kier alpha value is -2.38. The predicted molar refractivity (Wildman–Crippen MR) is 98.3 cm³/mol. The van der Waals surface area contributed by atoms with Crippen molar-refractivity contribution in [1.29, 1.82) is 0 Å². The lowest BCUT2D eigenvalue weighted by atomic mass is 10.2. The molecule has 0 aliphatic rings. The number of rotatable bonds is 7. The van der Waals surface area contributed by atoms with Gasteiger partial charge < -0.3 is 15.4 Å². The van der Waals surface area contributed by atoms with Crippen molar-refractivity contribution >= 4 is 35.0 Å². The molecule has 2 aromatic rings. The molecule has 0 aliphatic heterocycles. The van der Waals surface area contributed by atoms with Crippen molar-refractivity contribution in [1.82, 2.24) is 10.6 Å². The van der Waals surface area contributed by atoms with E-state index in [1.165, 1.54) is 18.2 Å². The summed E-state index contributed by atoms with van der Waals surface area (Å²) in [5.41, 5.74) is 0.192. The van der Waals surface area contributed by atoms with E-state index in [2.05, 4.69) is 10.6 Å². The van der Waals surface area contributed by atoms with Crippen LogP contribution in [-0.2, 0) is 4.79 Å². The molecule has 0 radical (unpaired) electrons. The summed E-state index contributed by atoms with van der Waals surface area (Å²) in [6, 6.07) is 6.84. The molecule has 0 fully saturated rings. The van der Waals surface area contributed by atoms with E-state index in [0.29, 0.717) is 11.1 Å². The molecule has 1 unspecified atom stereocenters. The van der Waals surface area contributed by atoms with Crippen molar-refractivity contribution < 1.29 is 23.1 Å². The molecule has 2 rings (SSSR count). The summed E-state index contributed by atoms with van der Waals surface area (Å²) in [5, 5.41) is 5.57. The van der Waals surface area contributed by atoms with Crippen molar-refractivity contribution in [3.8, 4) is 5.75 Å². The van der Waals surface area contributed by atoms with Gasteiger partial charge in [0, 0.05) is 11.1 Å². The molecular formula is C18H16Cl2F2N2O3. The van der Waals surface area contributed by atoms with Crippen LogP contribution in [0.2, 0.25) is 10.0 Å². The molecule has 27 heavy (non-hydrogen) atoms. The molecule has 0 saturated heterocycles. The third-order valence-corrected chi connectivity index (χ3v) is 3.92. The van der Waals surface area contributed by atoms with Gasteiger partial charge in [-0.05, 0) is 37.3 Å². The molecule has 1 atom stereocenters. The zero-order chi connectivity index (χ0) is 20.0. The molecule has 0 spiro atoms. The fourth-order valence-electron chi connectivity index (χ4n) is 2.10. The van der Waals surface area contributed by atoms with Gasteiger partial charge in [-0.2, -0.15) is 0 Å². The maximum Gasteiger partial charge on any atom is 0.253 e. The smallest absolute Gasteiger partial charge is 0.253 e. The number of halogens is 4. The van der Waals surface area contributed by atoms with Crippen LogP contribution >= 0.6 is 23.2 Å². The van der Waals surface area contributed by atoms with Crippen LogP contribution in [0.5, 0.6) is 5.75 Å². The van der Waals surface area contributed by atoms with Gasteiger partial charge in [-0.15, -0.1) is 0 Å². The van der Waals surface area contributed by atoms with Crippen LogP contribution in [0.15, 0.2) is 36.4 Å². The Morgan fingerprint density at radius 3 is 2.56 bits per heavy atom. The number of benzene rings is 2. The standard InChI is InChI=1S/C18H16Cl2F2N2O3/c1-10(9-27-16-5-3-12(21)7-15(16)22)24-17(25)8-23-18(26)13-4-2-11(19)6-14(13)20/h2-7,10H,8-9H2,1H3,(H,23,26)(H,24,25). The lowest BCUT2D eigenvalue weighted by molar-refractivity contribution is -0.120. The zero-order valence-corrected chi connectivity index (χ0v) is 15.7. The predicted octanol–water partition coefficient (Wildman–Crippen LogP) is 3.59. The summed E-state index contributed by atoms with van der Waals surface area (Å²) in [5.74, 6) is -2.66. The highest BCUT2D eigenvalue weighted by Crippen LogP contribution is 2.20. The summed E-state index contributed by atoms with van der Waals surface area (Å²) in [6.45, 7) is 1.31. The second kappa shape index (κ2) is 9.53. The molecule has 144 valence electrons. The number of carbonyl (C=O) groups is 2. The molecule has 2 amide bonds. The monoisotopic (exact) mass is 416 g/mol. The van der Waals surface area contributed by atoms with Gasteiger partial charge in [0.15, 0.2) is 11.6 Å². The van der Waals surface area contributed by atoms with Crippen LogP contribution in [0.3, 0.4) is 0 Å². The molecule has 2 N–H and O–H groups in total. The molecule has 0 bridgehead atoms. The molecule has 0 saturated carbocycles. The molecule has 9 heteroatoms. The normalized spacial score (nSPS) is 11.6. The van der Waals surface area contributed by atoms with E-state index in [1.807, 2.05) is 0 Å². The van der Waals surface area contributed by atoms with Crippen molar-refractivity contribution in [2.75, 3.05) is 13.2 Å². The Morgan fingerprint density at radius 1 is 1.15 bits per heavy atom. The maximum absolute atomic E-state index is 13.5. The third-order valence-electron chi connectivity index (χ3n) is 3.38. The van der Waals surface area contributed by atoms with E-state index in [9.17, 15) is 18.4 Å². The second-order valence-electron chi connectivity index (χ2n) is 5.66. The third kappa shape index (κ3) is 6.37. The largest absolute Gasteiger partial charge is 0.488 e. The minimum atomic E-state index is -0.833. The number of hydrogen-bond acceptors (Lipinski definition) is 3. The lowest BCUT2D eigenvalue weighted by Gasteiger charge is -2.16. The second-order valence-corrected chi connectivity index (χ2v) is 6.50. The Kier molecular flexibility index (Phi) is 7.38. The van der Waals surface area contributed by atoms with E-state index in [-0.39, 0.29) is 29.5 Å². The summed E-state index contributed by atoms with van der Waals surface area (Å²) < 4.78 is 31.5. The summed E-state index contributed by atoms with van der Waals surface area (Å²) in [7, 11) is 0. The van der Waals surface area contributed by atoms with E-state index < -0.39 is 29.5 Å². The molecule has 0 heterocycles. The van der Waals surface area contributed by atoms with Crippen molar-refractivity contribution in [2.45, 2.75) is 13.0 Å². The topological polar surface area (TPSA) is 67.4 Å². The van der Waals surface area contributed by atoms with Gasteiger partial charge in [0.05, 0.1) is 23.2 Å².